The molecule has 1 aliphatic rings. The van der Waals surface area contributed by atoms with Crippen molar-refractivity contribution in [2.24, 2.45) is 11.7 Å². The molecule has 0 radical (unpaired) electrons. The van der Waals surface area contributed by atoms with E-state index in [9.17, 15) is 14.0 Å². The molecule has 2 rings (SSSR count). The third kappa shape index (κ3) is 4.17. The number of likely N-dealkylation sites (tertiary alicyclic amines) is 1. The largest absolute Gasteiger partial charge is 0.352 e. The fourth-order valence-corrected chi connectivity index (χ4v) is 2.85. The summed E-state index contributed by atoms with van der Waals surface area (Å²) in [6, 6.07) is 3.69. The number of urea groups is 1. The van der Waals surface area contributed by atoms with Crippen LogP contribution in [0.5, 0.6) is 0 Å². The van der Waals surface area contributed by atoms with Crippen molar-refractivity contribution in [2.75, 3.05) is 19.6 Å². The normalized spacial score (nSPS) is 18.4. The third-order valence-corrected chi connectivity index (χ3v) is 4.15. The number of piperidine rings is 1. The first kappa shape index (κ1) is 15.8. The van der Waals surface area contributed by atoms with Gasteiger partial charge in [-0.3, -0.25) is 4.79 Å². The smallest absolute Gasteiger partial charge is 0.312 e. The van der Waals surface area contributed by atoms with E-state index in [1.54, 1.807) is 4.90 Å². The number of primary amides is 1. The quantitative estimate of drug-likeness (QED) is 0.869. The molecule has 7 heteroatoms. The minimum absolute atomic E-state index is 0.125. The van der Waals surface area contributed by atoms with Crippen LogP contribution in [0.25, 0.3) is 0 Å². The molecule has 1 atom stereocenters. The van der Waals surface area contributed by atoms with Gasteiger partial charge in [-0.15, -0.1) is 0 Å². The predicted molar refractivity (Wildman–Crippen MR) is 80.3 cm³/mol. The molecule has 114 valence electrons. The molecule has 1 aliphatic heterocycles. The average molecular weight is 358 g/mol. The molecule has 0 saturated carbocycles. The highest BCUT2D eigenvalue weighted by molar-refractivity contribution is 9.10. The van der Waals surface area contributed by atoms with Crippen molar-refractivity contribution < 1.29 is 14.0 Å². The van der Waals surface area contributed by atoms with Crippen LogP contribution in [0.2, 0.25) is 0 Å². The molecule has 0 spiro atoms. The van der Waals surface area contributed by atoms with Gasteiger partial charge in [0, 0.05) is 25.2 Å². The number of carbonyl (C=O) groups is 2. The molecule has 1 aromatic rings. The minimum atomic E-state index is -0.555. The van der Waals surface area contributed by atoms with Gasteiger partial charge in [0.2, 0.25) is 0 Å². The molecular weight excluding hydrogens is 341 g/mol. The van der Waals surface area contributed by atoms with Gasteiger partial charge in [-0.2, -0.15) is 0 Å². The van der Waals surface area contributed by atoms with E-state index in [0.717, 1.165) is 12.8 Å². The third-order valence-electron chi connectivity index (χ3n) is 3.54. The van der Waals surface area contributed by atoms with Crippen molar-refractivity contribution in [1.82, 2.24) is 10.2 Å². The van der Waals surface area contributed by atoms with E-state index in [2.05, 4.69) is 21.2 Å². The number of hydrogen-bond acceptors (Lipinski definition) is 2. The van der Waals surface area contributed by atoms with E-state index >= 15 is 0 Å². The summed E-state index contributed by atoms with van der Waals surface area (Å²) in [6.07, 6.45) is 1.82. The maximum Gasteiger partial charge on any atom is 0.312 e. The predicted octanol–water partition coefficient (Wildman–Crippen LogP) is 2.11. The van der Waals surface area contributed by atoms with Gasteiger partial charge >= 0.3 is 6.03 Å². The van der Waals surface area contributed by atoms with Gasteiger partial charge in [-0.05, 0) is 52.9 Å². The van der Waals surface area contributed by atoms with Crippen molar-refractivity contribution in [3.8, 4) is 0 Å². The summed E-state index contributed by atoms with van der Waals surface area (Å²) in [5.74, 6) is -0.327. The second-order valence-electron chi connectivity index (χ2n) is 5.13. The van der Waals surface area contributed by atoms with Crippen LogP contribution in [0.15, 0.2) is 22.7 Å². The standard InChI is InChI=1S/C14H17BrFN3O2/c15-11-6-10(3-4-12(11)16)13(20)19-5-1-2-9(8-19)7-18-14(17)21/h3-4,6,9H,1-2,5,7-8H2,(H3,17,18,21). The first-order valence-electron chi connectivity index (χ1n) is 6.75. The number of halogens is 2. The van der Waals surface area contributed by atoms with Gasteiger partial charge in [-0.25, -0.2) is 9.18 Å². The van der Waals surface area contributed by atoms with Gasteiger partial charge in [0.1, 0.15) is 5.82 Å². The van der Waals surface area contributed by atoms with Gasteiger partial charge in [0.05, 0.1) is 4.47 Å². The van der Waals surface area contributed by atoms with Gasteiger partial charge in [-0.1, -0.05) is 0 Å². The Bertz CT molecular complexity index is 553. The van der Waals surface area contributed by atoms with Crippen molar-refractivity contribution in [3.63, 3.8) is 0 Å². The zero-order valence-electron chi connectivity index (χ0n) is 11.4. The Morgan fingerprint density at radius 2 is 2.24 bits per heavy atom. The Morgan fingerprint density at radius 3 is 2.90 bits per heavy atom. The van der Waals surface area contributed by atoms with Gasteiger partial charge in [0.25, 0.3) is 5.91 Å². The van der Waals surface area contributed by atoms with Crippen LogP contribution >= 0.6 is 15.9 Å². The number of nitrogens with zero attached hydrogens (tertiary/aromatic N) is 1. The lowest BCUT2D eigenvalue weighted by atomic mass is 9.97. The molecule has 1 unspecified atom stereocenters. The van der Waals surface area contributed by atoms with Crippen LogP contribution in [0.3, 0.4) is 0 Å². The molecular formula is C14H17BrFN3O2. The van der Waals surface area contributed by atoms with E-state index in [1.807, 2.05) is 0 Å². The van der Waals surface area contributed by atoms with Crippen LogP contribution in [-0.2, 0) is 0 Å². The number of benzene rings is 1. The molecule has 1 saturated heterocycles. The van der Waals surface area contributed by atoms with E-state index in [1.165, 1.54) is 18.2 Å². The Kier molecular flexibility index (Phi) is 5.17. The lowest BCUT2D eigenvalue weighted by molar-refractivity contribution is 0.0675. The number of rotatable bonds is 3. The van der Waals surface area contributed by atoms with E-state index in [-0.39, 0.29) is 16.3 Å². The molecule has 0 aliphatic carbocycles. The Morgan fingerprint density at radius 1 is 1.48 bits per heavy atom. The summed E-state index contributed by atoms with van der Waals surface area (Å²) in [4.78, 5) is 24.9. The fraction of sp³-hybridized carbons (Fsp3) is 0.429. The number of nitrogens with two attached hydrogens (primary N) is 1. The summed E-state index contributed by atoms with van der Waals surface area (Å²) in [5, 5.41) is 2.57. The monoisotopic (exact) mass is 357 g/mol. The molecule has 1 aromatic carbocycles. The highest BCUT2D eigenvalue weighted by Gasteiger charge is 2.25. The second-order valence-corrected chi connectivity index (χ2v) is 5.99. The first-order valence-corrected chi connectivity index (χ1v) is 7.54. The summed E-state index contributed by atoms with van der Waals surface area (Å²) < 4.78 is 13.5. The molecule has 3 amide bonds. The Hall–Kier alpha value is -1.63. The molecule has 21 heavy (non-hydrogen) atoms. The number of carbonyl (C=O) groups excluding carboxylic acids is 2. The SMILES string of the molecule is NC(=O)NCC1CCCN(C(=O)c2ccc(F)c(Br)c2)C1. The molecule has 3 N–H and O–H groups in total. The fourth-order valence-electron chi connectivity index (χ4n) is 2.47. The van der Waals surface area contributed by atoms with E-state index in [4.69, 9.17) is 5.73 Å². The molecule has 5 nitrogen and oxygen atoms in total. The van der Waals surface area contributed by atoms with Crippen LogP contribution in [0.4, 0.5) is 9.18 Å². The minimum Gasteiger partial charge on any atom is -0.352 e. The molecule has 1 heterocycles. The second kappa shape index (κ2) is 6.89. The highest BCUT2D eigenvalue weighted by atomic mass is 79.9. The maximum atomic E-state index is 13.2. The zero-order valence-corrected chi connectivity index (χ0v) is 13.0. The first-order chi connectivity index (χ1) is 9.97. The Balaban J connectivity index is 2.01. The zero-order chi connectivity index (χ0) is 15.4. The summed E-state index contributed by atoms with van der Waals surface area (Å²) >= 11 is 3.08. The lowest BCUT2D eigenvalue weighted by Gasteiger charge is -2.32. The van der Waals surface area contributed by atoms with Gasteiger partial charge < -0.3 is 16.0 Å². The average Bonchev–Trinajstić information content (AvgIpc) is 2.47. The van der Waals surface area contributed by atoms with Crippen LogP contribution < -0.4 is 11.1 Å². The van der Waals surface area contributed by atoms with Crippen molar-refractivity contribution in [2.45, 2.75) is 12.8 Å². The van der Waals surface area contributed by atoms with Crippen molar-refractivity contribution >= 4 is 27.9 Å². The van der Waals surface area contributed by atoms with E-state index in [0.29, 0.717) is 25.2 Å². The van der Waals surface area contributed by atoms with Gasteiger partial charge in [0.15, 0.2) is 0 Å². The summed E-state index contributed by atoms with van der Waals surface area (Å²) in [7, 11) is 0. The maximum absolute atomic E-state index is 13.2. The van der Waals surface area contributed by atoms with Crippen molar-refractivity contribution in [3.05, 3.63) is 34.1 Å². The number of amides is 3. The van der Waals surface area contributed by atoms with Crippen LogP contribution in [-0.4, -0.2) is 36.5 Å². The molecule has 1 fully saturated rings. The van der Waals surface area contributed by atoms with Crippen LogP contribution in [0.1, 0.15) is 23.2 Å². The van der Waals surface area contributed by atoms with Crippen molar-refractivity contribution in [1.29, 1.82) is 0 Å². The highest BCUT2D eigenvalue weighted by Crippen LogP contribution is 2.21. The lowest BCUT2D eigenvalue weighted by Crippen LogP contribution is -2.44. The topological polar surface area (TPSA) is 75.4 Å². The Labute approximate surface area is 130 Å². The number of nitrogens with one attached hydrogen (secondary N) is 1. The van der Waals surface area contributed by atoms with E-state index < -0.39 is 11.8 Å². The summed E-state index contributed by atoms with van der Waals surface area (Å²) in [5.41, 5.74) is 5.51. The molecule has 0 aromatic heterocycles. The summed E-state index contributed by atoms with van der Waals surface area (Å²) in [6.45, 7) is 1.70. The molecule has 0 bridgehead atoms. The number of hydrogen-bond donors (Lipinski definition) is 2. The van der Waals surface area contributed by atoms with Crippen LogP contribution in [0, 0.1) is 11.7 Å².